The maximum absolute atomic E-state index is 12.3. The quantitative estimate of drug-likeness (QED) is 0.315. The Labute approximate surface area is 172 Å². The van der Waals surface area contributed by atoms with Gasteiger partial charge in [0.15, 0.2) is 5.79 Å². The van der Waals surface area contributed by atoms with E-state index in [9.17, 15) is 14.7 Å². The Morgan fingerprint density at radius 2 is 2.11 bits per heavy atom. The fourth-order valence-corrected chi connectivity index (χ4v) is 4.64. The third-order valence-corrected chi connectivity index (χ3v) is 6.22. The minimum atomic E-state index is -1.50. The fraction of sp³-hybridized carbons (Fsp3) is 0.810. The Kier molecular flexibility index (Phi) is 9.31. The maximum atomic E-state index is 12.3. The van der Waals surface area contributed by atoms with Crippen LogP contribution in [0.15, 0.2) is 11.6 Å². The van der Waals surface area contributed by atoms with Crippen molar-refractivity contribution in [1.82, 2.24) is 5.32 Å². The number of unbranched alkanes of at least 4 members (excludes halogenated alkanes) is 3. The number of ether oxygens (including phenoxy) is 2. The number of esters is 1. The van der Waals surface area contributed by atoms with Crippen LogP contribution in [0, 0.1) is 0 Å². The molecule has 0 spiro atoms. The van der Waals surface area contributed by atoms with E-state index in [0.717, 1.165) is 62.3 Å². The van der Waals surface area contributed by atoms with Crippen LogP contribution in [0.4, 0.5) is 4.79 Å². The van der Waals surface area contributed by atoms with E-state index in [0.29, 0.717) is 12.2 Å². The zero-order chi connectivity index (χ0) is 20.6. The molecule has 0 aliphatic carbocycles. The van der Waals surface area contributed by atoms with E-state index in [1.807, 2.05) is 6.92 Å². The number of carbonyl (C=O) groups excluding carboxylic acids is 2. The molecule has 6 nitrogen and oxygen atoms in total. The molecule has 2 fully saturated rings. The molecule has 0 bridgehead atoms. The molecule has 0 saturated carbocycles. The van der Waals surface area contributed by atoms with Gasteiger partial charge < -0.3 is 19.9 Å². The average Bonchev–Trinajstić information content (AvgIpc) is 3.07. The first-order chi connectivity index (χ1) is 13.4. The van der Waals surface area contributed by atoms with Gasteiger partial charge in [0.1, 0.15) is 6.10 Å². The number of aliphatic hydroxyl groups is 1. The molecule has 4 atom stereocenters. The molecular weight excluding hydrogens is 378 g/mol. The average molecular weight is 414 g/mol. The number of amides is 1. The smallest absolute Gasteiger partial charge is 0.330 e. The fourth-order valence-electron chi connectivity index (χ4n) is 3.76. The number of hydrogen-bond acceptors (Lipinski definition) is 6. The van der Waals surface area contributed by atoms with Crippen LogP contribution in [-0.2, 0) is 14.3 Å². The van der Waals surface area contributed by atoms with Gasteiger partial charge in [-0.3, -0.25) is 4.79 Å². The van der Waals surface area contributed by atoms with E-state index in [4.69, 9.17) is 9.47 Å². The van der Waals surface area contributed by atoms with Crippen molar-refractivity contribution in [3.8, 4) is 0 Å². The van der Waals surface area contributed by atoms with Gasteiger partial charge >= 0.3 is 5.97 Å². The normalized spacial score (nSPS) is 30.9. The molecule has 1 amide bonds. The lowest BCUT2D eigenvalue weighted by Crippen LogP contribution is -2.58. The zero-order valence-electron chi connectivity index (χ0n) is 17.4. The predicted molar refractivity (Wildman–Crippen MR) is 111 cm³/mol. The van der Waals surface area contributed by atoms with E-state index in [-0.39, 0.29) is 23.7 Å². The lowest BCUT2D eigenvalue weighted by molar-refractivity contribution is -0.283. The Bertz CT molecular complexity index is 567. The highest BCUT2D eigenvalue weighted by Crippen LogP contribution is 2.36. The van der Waals surface area contributed by atoms with Crippen molar-refractivity contribution < 1.29 is 24.2 Å². The van der Waals surface area contributed by atoms with Crippen molar-refractivity contribution in [2.75, 3.05) is 5.75 Å². The highest BCUT2D eigenvalue weighted by molar-refractivity contribution is 8.14. The summed E-state index contributed by atoms with van der Waals surface area (Å²) in [6.07, 6.45) is 8.73. The standard InChI is InChI=1S/C21H35NO5S/c1-4-6-8-10-16-12-17(26-19(23)11-15(3)9-7-5-2)13-21(25,27-16)18-14-28-20(24)22-18/h11,16-18,25H,4-10,12-14H2,1-3H3,(H,22,24)/b15-11-/t16-,17-,18+,21-/m1/s1. The highest BCUT2D eigenvalue weighted by atomic mass is 32.2. The largest absolute Gasteiger partial charge is 0.459 e. The van der Waals surface area contributed by atoms with Gasteiger partial charge in [-0.15, -0.1) is 0 Å². The summed E-state index contributed by atoms with van der Waals surface area (Å²) in [7, 11) is 0. The zero-order valence-corrected chi connectivity index (χ0v) is 18.2. The molecule has 2 N–H and O–H groups in total. The molecule has 2 aliphatic rings. The van der Waals surface area contributed by atoms with E-state index < -0.39 is 17.9 Å². The molecule has 2 saturated heterocycles. The molecule has 7 heteroatoms. The summed E-state index contributed by atoms with van der Waals surface area (Å²) < 4.78 is 11.7. The van der Waals surface area contributed by atoms with Crippen molar-refractivity contribution in [1.29, 1.82) is 0 Å². The third-order valence-electron chi connectivity index (χ3n) is 5.34. The molecule has 0 aromatic rings. The minimum Gasteiger partial charge on any atom is -0.459 e. The molecule has 0 aromatic carbocycles. The van der Waals surface area contributed by atoms with Crippen LogP contribution in [-0.4, -0.2) is 46.1 Å². The molecule has 2 heterocycles. The summed E-state index contributed by atoms with van der Waals surface area (Å²) >= 11 is 1.14. The number of nitrogens with one attached hydrogen (secondary N) is 1. The van der Waals surface area contributed by atoms with Gasteiger partial charge in [0, 0.05) is 24.7 Å². The lowest BCUT2D eigenvalue weighted by atomic mass is 9.91. The summed E-state index contributed by atoms with van der Waals surface area (Å²) in [5, 5.41) is 13.8. The van der Waals surface area contributed by atoms with Crippen molar-refractivity contribution in [3.63, 3.8) is 0 Å². The highest BCUT2D eigenvalue weighted by Gasteiger charge is 2.49. The Morgan fingerprint density at radius 1 is 1.36 bits per heavy atom. The van der Waals surface area contributed by atoms with Crippen LogP contribution in [0.2, 0.25) is 0 Å². The first-order valence-corrected chi connectivity index (χ1v) is 11.6. The summed E-state index contributed by atoms with van der Waals surface area (Å²) in [6, 6.07) is -0.484. The number of hydrogen-bond donors (Lipinski definition) is 2. The van der Waals surface area contributed by atoms with Crippen LogP contribution in [0.25, 0.3) is 0 Å². The van der Waals surface area contributed by atoms with E-state index >= 15 is 0 Å². The second kappa shape index (κ2) is 11.2. The van der Waals surface area contributed by atoms with Crippen molar-refractivity contribution in [3.05, 3.63) is 11.6 Å². The van der Waals surface area contributed by atoms with Gasteiger partial charge in [-0.2, -0.15) is 0 Å². The molecule has 2 aliphatic heterocycles. The van der Waals surface area contributed by atoms with Crippen LogP contribution in [0.5, 0.6) is 0 Å². The van der Waals surface area contributed by atoms with Crippen molar-refractivity contribution in [2.24, 2.45) is 0 Å². The van der Waals surface area contributed by atoms with Gasteiger partial charge in [0.2, 0.25) is 0 Å². The first kappa shape index (κ1) is 23.2. The molecule has 0 unspecified atom stereocenters. The molecular formula is C21H35NO5S. The van der Waals surface area contributed by atoms with Crippen LogP contribution >= 0.6 is 11.8 Å². The number of carbonyl (C=O) groups is 2. The second-order valence-electron chi connectivity index (χ2n) is 7.97. The van der Waals surface area contributed by atoms with Gasteiger partial charge in [-0.25, -0.2) is 4.79 Å². The van der Waals surface area contributed by atoms with Crippen LogP contribution < -0.4 is 5.32 Å². The number of allylic oxidation sites excluding steroid dienone is 1. The molecule has 0 aromatic heterocycles. The lowest BCUT2D eigenvalue weighted by Gasteiger charge is -2.43. The van der Waals surface area contributed by atoms with Gasteiger partial charge in [-0.1, -0.05) is 56.9 Å². The Hall–Kier alpha value is -1.05. The summed E-state index contributed by atoms with van der Waals surface area (Å²) in [5.74, 6) is -1.41. The topological polar surface area (TPSA) is 84.9 Å². The maximum Gasteiger partial charge on any atom is 0.330 e. The summed E-state index contributed by atoms with van der Waals surface area (Å²) in [4.78, 5) is 23.9. The minimum absolute atomic E-state index is 0.154. The molecule has 0 radical (unpaired) electrons. The predicted octanol–water partition coefficient (Wildman–Crippen LogP) is 4.31. The molecule has 2 rings (SSSR count). The third kappa shape index (κ3) is 7.08. The van der Waals surface area contributed by atoms with Crippen LogP contribution in [0.1, 0.15) is 78.6 Å². The van der Waals surface area contributed by atoms with E-state index in [1.54, 1.807) is 6.08 Å². The number of thioether (sulfide) groups is 1. The monoisotopic (exact) mass is 413 g/mol. The van der Waals surface area contributed by atoms with Gasteiger partial charge in [0.05, 0.1) is 12.1 Å². The van der Waals surface area contributed by atoms with Gasteiger partial charge in [0.25, 0.3) is 5.24 Å². The van der Waals surface area contributed by atoms with Crippen molar-refractivity contribution >= 4 is 23.0 Å². The summed E-state index contributed by atoms with van der Waals surface area (Å²) in [6.45, 7) is 6.20. The Morgan fingerprint density at radius 3 is 2.75 bits per heavy atom. The van der Waals surface area contributed by atoms with Gasteiger partial charge in [-0.05, 0) is 26.2 Å². The SMILES string of the molecule is CCCCC[C@@H]1C[C@@H](OC(=O)/C=C(/C)CCCC)C[C@](O)([C@@H]2CSC(=O)N2)O1. The van der Waals surface area contributed by atoms with E-state index in [2.05, 4.69) is 19.2 Å². The number of rotatable bonds is 10. The van der Waals surface area contributed by atoms with Crippen LogP contribution in [0.3, 0.4) is 0 Å². The second-order valence-corrected chi connectivity index (χ2v) is 8.96. The Balaban J connectivity index is 2.02. The van der Waals surface area contributed by atoms with Crippen molar-refractivity contribution in [2.45, 2.75) is 103 Å². The molecule has 160 valence electrons. The summed E-state index contributed by atoms with van der Waals surface area (Å²) in [5.41, 5.74) is 1.01. The first-order valence-electron chi connectivity index (χ1n) is 10.6. The molecule has 28 heavy (non-hydrogen) atoms. The van der Waals surface area contributed by atoms with E-state index in [1.165, 1.54) is 0 Å².